The number of hydrogen-bond acceptors (Lipinski definition) is 5. The molecule has 0 aliphatic carbocycles. The summed E-state index contributed by atoms with van der Waals surface area (Å²) in [5.74, 6) is 1.19. The number of nitrogens with zero attached hydrogens (tertiary/aromatic N) is 3. The number of nitrogens with one attached hydrogen (secondary N) is 1. The number of anilines is 1. The summed E-state index contributed by atoms with van der Waals surface area (Å²) < 4.78 is 5.28. The number of piperidine rings is 1. The van der Waals surface area contributed by atoms with E-state index in [4.69, 9.17) is 4.74 Å². The zero-order valence-corrected chi connectivity index (χ0v) is 14.8. The van der Waals surface area contributed by atoms with E-state index in [2.05, 4.69) is 20.2 Å². The van der Waals surface area contributed by atoms with Crippen LogP contribution in [-0.2, 0) is 4.74 Å². The number of amides is 1. The molecule has 128 valence electrons. The molecule has 0 bridgehead atoms. The van der Waals surface area contributed by atoms with Gasteiger partial charge in [0, 0.05) is 31.0 Å². The molecule has 1 aliphatic heterocycles. The summed E-state index contributed by atoms with van der Waals surface area (Å²) in [7, 11) is 0. The van der Waals surface area contributed by atoms with Crippen molar-refractivity contribution in [3.63, 3.8) is 0 Å². The summed E-state index contributed by atoms with van der Waals surface area (Å²) in [4.78, 5) is 23.1. The first-order valence-corrected chi connectivity index (χ1v) is 8.27. The first-order chi connectivity index (χ1) is 10.7. The van der Waals surface area contributed by atoms with Gasteiger partial charge in [0.15, 0.2) is 0 Å². The summed E-state index contributed by atoms with van der Waals surface area (Å²) in [6, 6.07) is 1.98. The Hall–Kier alpha value is -1.85. The van der Waals surface area contributed by atoms with Crippen LogP contribution in [0.5, 0.6) is 0 Å². The lowest BCUT2D eigenvalue weighted by atomic mass is 9.98. The number of aromatic nitrogens is 2. The molecule has 1 aromatic rings. The van der Waals surface area contributed by atoms with Crippen LogP contribution in [0.4, 0.5) is 10.7 Å². The normalized spacial score (nSPS) is 18.7. The fourth-order valence-corrected chi connectivity index (χ4v) is 2.80. The average Bonchev–Trinajstić information content (AvgIpc) is 2.43. The van der Waals surface area contributed by atoms with Crippen LogP contribution < -0.4 is 10.2 Å². The highest BCUT2D eigenvalue weighted by Crippen LogP contribution is 2.20. The predicted molar refractivity (Wildman–Crippen MR) is 90.7 cm³/mol. The van der Waals surface area contributed by atoms with Crippen LogP contribution >= 0.6 is 0 Å². The number of rotatable bonds is 3. The Bertz CT molecular complexity index is 534. The summed E-state index contributed by atoms with van der Waals surface area (Å²) in [5.41, 5.74) is 1.51. The average molecular weight is 320 g/mol. The summed E-state index contributed by atoms with van der Waals surface area (Å²) in [5, 5.41) is 2.88. The van der Waals surface area contributed by atoms with Gasteiger partial charge >= 0.3 is 6.09 Å². The van der Waals surface area contributed by atoms with Gasteiger partial charge in [-0.2, -0.15) is 0 Å². The van der Waals surface area contributed by atoms with Crippen LogP contribution in [0, 0.1) is 19.8 Å². The van der Waals surface area contributed by atoms with Crippen molar-refractivity contribution in [1.29, 1.82) is 0 Å². The molecule has 1 atom stereocenters. The molecule has 1 aromatic heterocycles. The maximum atomic E-state index is 11.8. The predicted octanol–water partition coefficient (Wildman–Crippen LogP) is 2.83. The van der Waals surface area contributed by atoms with Gasteiger partial charge in [-0.25, -0.2) is 14.8 Å². The maximum Gasteiger partial charge on any atom is 0.407 e. The van der Waals surface area contributed by atoms with Crippen molar-refractivity contribution in [1.82, 2.24) is 15.3 Å². The Morgan fingerprint density at radius 3 is 2.61 bits per heavy atom. The Morgan fingerprint density at radius 2 is 2.00 bits per heavy atom. The zero-order chi connectivity index (χ0) is 17.0. The first kappa shape index (κ1) is 17.5. The van der Waals surface area contributed by atoms with Gasteiger partial charge in [0.1, 0.15) is 5.60 Å². The molecule has 1 N–H and O–H groups in total. The Morgan fingerprint density at radius 1 is 1.35 bits per heavy atom. The number of carbonyl (C=O) groups excluding carboxylic acids is 1. The van der Waals surface area contributed by atoms with Gasteiger partial charge in [-0.15, -0.1) is 0 Å². The summed E-state index contributed by atoms with van der Waals surface area (Å²) >= 11 is 0. The number of alkyl carbamates (subject to hydrolysis) is 1. The minimum Gasteiger partial charge on any atom is -0.444 e. The monoisotopic (exact) mass is 320 g/mol. The van der Waals surface area contributed by atoms with Crippen LogP contribution in [0.3, 0.4) is 0 Å². The van der Waals surface area contributed by atoms with Gasteiger partial charge in [-0.05, 0) is 59.4 Å². The van der Waals surface area contributed by atoms with Crippen LogP contribution in [0.15, 0.2) is 6.07 Å². The molecule has 0 radical (unpaired) electrons. The highest BCUT2D eigenvalue weighted by atomic mass is 16.6. The molecular weight excluding hydrogens is 292 g/mol. The van der Waals surface area contributed by atoms with E-state index in [9.17, 15) is 4.79 Å². The Labute approximate surface area is 138 Å². The van der Waals surface area contributed by atoms with E-state index in [0.29, 0.717) is 12.5 Å². The minimum atomic E-state index is -0.463. The molecule has 0 saturated carbocycles. The lowest BCUT2D eigenvalue weighted by molar-refractivity contribution is 0.0517. The molecule has 1 fully saturated rings. The molecule has 2 heterocycles. The Kier molecular flexibility index (Phi) is 5.44. The second kappa shape index (κ2) is 7.15. The molecule has 2 rings (SSSR count). The van der Waals surface area contributed by atoms with Gasteiger partial charge in [0.25, 0.3) is 0 Å². The van der Waals surface area contributed by atoms with E-state index >= 15 is 0 Å². The molecule has 1 aliphatic rings. The van der Waals surface area contributed by atoms with Crippen LogP contribution in [-0.4, -0.2) is 41.3 Å². The number of carbonyl (C=O) groups is 1. The standard InChI is InChI=1S/C17H28N4O2/c1-12-9-13(2)20-15(19-12)21-8-6-7-14(11-21)10-18-16(22)23-17(3,4)5/h9,14H,6-8,10-11H2,1-5H3,(H,18,22). The molecule has 0 spiro atoms. The second-order valence-corrected chi connectivity index (χ2v) is 7.29. The van der Waals surface area contributed by atoms with E-state index in [1.807, 2.05) is 40.7 Å². The van der Waals surface area contributed by atoms with Crippen molar-refractivity contribution in [3.05, 3.63) is 17.5 Å². The fraction of sp³-hybridized carbons (Fsp3) is 0.706. The van der Waals surface area contributed by atoms with E-state index < -0.39 is 5.60 Å². The topological polar surface area (TPSA) is 67.4 Å². The molecule has 6 heteroatoms. The maximum absolute atomic E-state index is 11.8. The van der Waals surface area contributed by atoms with E-state index in [0.717, 1.165) is 43.3 Å². The largest absolute Gasteiger partial charge is 0.444 e. The lowest BCUT2D eigenvalue weighted by Crippen LogP contribution is -2.42. The highest BCUT2D eigenvalue weighted by Gasteiger charge is 2.23. The van der Waals surface area contributed by atoms with E-state index in [1.165, 1.54) is 0 Å². The van der Waals surface area contributed by atoms with Crippen LogP contribution in [0.25, 0.3) is 0 Å². The van der Waals surface area contributed by atoms with E-state index in [1.54, 1.807) is 0 Å². The third-order valence-electron chi connectivity index (χ3n) is 3.71. The molecular formula is C17H28N4O2. The number of aryl methyl sites for hydroxylation is 2. The van der Waals surface area contributed by atoms with Crippen molar-refractivity contribution in [3.8, 4) is 0 Å². The molecule has 1 unspecified atom stereocenters. The third kappa shape index (κ3) is 5.69. The van der Waals surface area contributed by atoms with Gasteiger partial charge in [0.05, 0.1) is 0 Å². The van der Waals surface area contributed by atoms with Crippen LogP contribution in [0.1, 0.15) is 45.0 Å². The highest BCUT2D eigenvalue weighted by molar-refractivity contribution is 5.67. The van der Waals surface area contributed by atoms with Gasteiger partial charge in [-0.3, -0.25) is 0 Å². The molecule has 0 aromatic carbocycles. The Balaban J connectivity index is 1.89. The van der Waals surface area contributed by atoms with Crippen LogP contribution in [0.2, 0.25) is 0 Å². The summed E-state index contributed by atoms with van der Waals surface area (Å²) in [6.45, 7) is 12.0. The van der Waals surface area contributed by atoms with Gasteiger partial charge < -0.3 is 15.0 Å². The number of hydrogen-bond donors (Lipinski definition) is 1. The molecule has 6 nitrogen and oxygen atoms in total. The van der Waals surface area contributed by atoms with Crippen molar-refractivity contribution < 1.29 is 9.53 Å². The van der Waals surface area contributed by atoms with Crippen molar-refractivity contribution >= 4 is 12.0 Å². The van der Waals surface area contributed by atoms with Crippen molar-refractivity contribution in [2.45, 2.75) is 53.1 Å². The second-order valence-electron chi connectivity index (χ2n) is 7.29. The molecule has 1 amide bonds. The third-order valence-corrected chi connectivity index (χ3v) is 3.71. The van der Waals surface area contributed by atoms with Gasteiger partial charge in [0.2, 0.25) is 5.95 Å². The molecule has 23 heavy (non-hydrogen) atoms. The lowest BCUT2D eigenvalue weighted by Gasteiger charge is -2.33. The SMILES string of the molecule is Cc1cc(C)nc(N2CCCC(CNC(=O)OC(C)(C)C)C2)n1. The van der Waals surface area contributed by atoms with Gasteiger partial charge in [-0.1, -0.05) is 0 Å². The quantitative estimate of drug-likeness (QED) is 0.927. The first-order valence-electron chi connectivity index (χ1n) is 8.27. The zero-order valence-electron chi connectivity index (χ0n) is 14.8. The molecule has 1 saturated heterocycles. The summed E-state index contributed by atoms with van der Waals surface area (Å²) in [6.07, 6.45) is 1.82. The number of ether oxygens (including phenoxy) is 1. The minimum absolute atomic E-state index is 0.350. The van der Waals surface area contributed by atoms with E-state index in [-0.39, 0.29) is 6.09 Å². The smallest absolute Gasteiger partial charge is 0.407 e. The van der Waals surface area contributed by atoms with Crippen molar-refractivity contribution in [2.24, 2.45) is 5.92 Å². The fourth-order valence-electron chi connectivity index (χ4n) is 2.80. The van der Waals surface area contributed by atoms with Crippen molar-refractivity contribution in [2.75, 3.05) is 24.5 Å².